The first-order valence-corrected chi connectivity index (χ1v) is 6.32. The van der Waals surface area contributed by atoms with Crippen molar-refractivity contribution < 1.29 is 14.5 Å². The van der Waals surface area contributed by atoms with Gasteiger partial charge >= 0.3 is 0 Å². The van der Waals surface area contributed by atoms with E-state index in [9.17, 15) is 14.9 Å². The van der Waals surface area contributed by atoms with Crippen molar-refractivity contribution >= 4 is 11.6 Å². The zero-order valence-electron chi connectivity index (χ0n) is 11.5. The molecule has 0 aliphatic carbocycles. The molecule has 7 heteroatoms. The molecule has 7 nitrogen and oxygen atoms in total. The highest BCUT2D eigenvalue weighted by Gasteiger charge is 2.16. The van der Waals surface area contributed by atoms with Crippen LogP contribution >= 0.6 is 0 Å². The van der Waals surface area contributed by atoms with Crippen molar-refractivity contribution in [1.29, 1.82) is 0 Å². The van der Waals surface area contributed by atoms with Gasteiger partial charge in [0.2, 0.25) is 5.91 Å². The topological polar surface area (TPSA) is 107 Å². The van der Waals surface area contributed by atoms with Crippen LogP contribution in [0.5, 0.6) is 5.75 Å². The lowest BCUT2D eigenvalue weighted by atomic mass is 10.2. The third-order valence-electron chi connectivity index (χ3n) is 2.58. The Bertz CT molecular complexity index is 476. The highest BCUT2D eigenvalue weighted by atomic mass is 16.6. The Labute approximate surface area is 117 Å². The summed E-state index contributed by atoms with van der Waals surface area (Å²) in [6.45, 7) is 4.07. The van der Waals surface area contributed by atoms with Crippen molar-refractivity contribution in [3.8, 4) is 5.75 Å². The van der Waals surface area contributed by atoms with E-state index < -0.39 is 16.9 Å². The number of nitro benzene ring substituents is 1. The predicted octanol–water partition coefficient (Wildman–Crippen LogP) is 1.22. The first kappa shape index (κ1) is 15.9. The summed E-state index contributed by atoms with van der Waals surface area (Å²) in [4.78, 5) is 21.4. The molecule has 0 saturated carbocycles. The number of nitrogens with zero attached hydrogens (tertiary/aromatic N) is 1. The van der Waals surface area contributed by atoms with Gasteiger partial charge in [-0.1, -0.05) is 19.9 Å². The van der Waals surface area contributed by atoms with Gasteiger partial charge in [-0.25, -0.2) is 0 Å². The summed E-state index contributed by atoms with van der Waals surface area (Å²) in [6, 6.07) is 5.56. The minimum atomic E-state index is -0.487. The molecule has 1 aromatic rings. The van der Waals surface area contributed by atoms with Crippen LogP contribution in [0, 0.1) is 10.1 Å². The van der Waals surface area contributed by atoms with Gasteiger partial charge < -0.3 is 15.8 Å². The molecular formula is C13H19N3O4. The van der Waals surface area contributed by atoms with Crippen molar-refractivity contribution in [3.63, 3.8) is 0 Å². The molecular weight excluding hydrogens is 262 g/mol. The van der Waals surface area contributed by atoms with E-state index >= 15 is 0 Å². The number of hydrogen-bond acceptors (Lipinski definition) is 5. The van der Waals surface area contributed by atoms with Gasteiger partial charge in [-0.15, -0.1) is 0 Å². The van der Waals surface area contributed by atoms with E-state index in [2.05, 4.69) is 5.32 Å². The molecule has 0 aliphatic heterocycles. The maximum atomic E-state index is 11.2. The largest absolute Gasteiger partial charge is 0.493 e. The summed E-state index contributed by atoms with van der Waals surface area (Å²) in [6.07, 6.45) is 0.399. The lowest BCUT2D eigenvalue weighted by Gasteiger charge is -2.18. The number of ether oxygens (including phenoxy) is 1. The molecule has 0 bridgehead atoms. The van der Waals surface area contributed by atoms with E-state index in [1.165, 1.54) is 12.1 Å². The van der Waals surface area contributed by atoms with E-state index in [1.807, 2.05) is 13.8 Å². The normalized spacial score (nSPS) is 12.2. The molecule has 0 aliphatic rings. The van der Waals surface area contributed by atoms with E-state index in [4.69, 9.17) is 10.5 Å². The number of benzene rings is 1. The molecule has 110 valence electrons. The minimum absolute atomic E-state index is 0.0331. The van der Waals surface area contributed by atoms with Crippen LogP contribution < -0.4 is 15.8 Å². The number of amides is 1. The number of nitrogens with two attached hydrogens (primary N) is 1. The van der Waals surface area contributed by atoms with Crippen LogP contribution in [0.4, 0.5) is 5.69 Å². The molecule has 1 aromatic carbocycles. The fourth-order valence-electron chi connectivity index (χ4n) is 1.69. The fourth-order valence-corrected chi connectivity index (χ4v) is 1.69. The van der Waals surface area contributed by atoms with Crippen LogP contribution in [-0.4, -0.2) is 29.5 Å². The zero-order chi connectivity index (χ0) is 15.1. The van der Waals surface area contributed by atoms with Crippen LogP contribution in [0.25, 0.3) is 0 Å². The smallest absolute Gasteiger partial charge is 0.273 e. The summed E-state index contributed by atoms with van der Waals surface area (Å²) < 4.78 is 5.41. The van der Waals surface area contributed by atoms with Crippen molar-refractivity contribution in [2.45, 2.75) is 32.4 Å². The lowest BCUT2D eigenvalue weighted by Crippen LogP contribution is -2.45. The quantitative estimate of drug-likeness (QED) is 0.550. The summed E-state index contributed by atoms with van der Waals surface area (Å²) in [5.41, 5.74) is 5.25. The Kier molecular flexibility index (Phi) is 5.92. The second kappa shape index (κ2) is 7.44. The third kappa shape index (κ3) is 5.23. The summed E-state index contributed by atoms with van der Waals surface area (Å²) >= 11 is 0. The average Bonchev–Trinajstić information content (AvgIpc) is 2.37. The molecule has 20 heavy (non-hydrogen) atoms. The van der Waals surface area contributed by atoms with Gasteiger partial charge in [-0.3, -0.25) is 14.9 Å². The minimum Gasteiger partial charge on any atom is -0.493 e. The van der Waals surface area contributed by atoms with Crippen molar-refractivity contribution in [2.24, 2.45) is 5.73 Å². The first-order valence-electron chi connectivity index (χ1n) is 6.32. The molecule has 1 rings (SSSR count). The Morgan fingerprint density at radius 1 is 1.50 bits per heavy atom. The second-order valence-corrected chi connectivity index (χ2v) is 4.67. The number of nitrogens with one attached hydrogen (secondary N) is 1. The molecule has 0 fully saturated rings. The van der Waals surface area contributed by atoms with Gasteiger partial charge in [0, 0.05) is 18.5 Å². The zero-order valence-corrected chi connectivity index (χ0v) is 11.5. The van der Waals surface area contributed by atoms with E-state index in [0.29, 0.717) is 12.2 Å². The fraction of sp³-hybridized carbons (Fsp3) is 0.462. The second-order valence-electron chi connectivity index (χ2n) is 4.67. The lowest BCUT2D eigenvalue weighted by molar-refractivity contribution is -0.384. The number of carbonyl (C=O) groups excluding carboxylic acids is 1. The molecule has 1 amide bonds. The molecule has 0 saturated heterocycles. The monoisotopic (exact) mass is 281 g/mol. The molecule has 0 spiro atoms. The average molecular weight is 281 g/mol. The van der Waals surface area contributed by atoms with Crippen LogP contribution in [-0.2, 0) is 4.79 Å². The van der Waals surface area contributed by atoms with Crippen molar-refractivity contribution in [2.75, 3.05) is 6.61 Å². The number of primary amides is 1. The number of carbonyl (C=O) groups is 1. The van der Waals surface area contributed by atoms with Gasteiger partial charge in [-0.05, 0) is 6.07 Å². The van der Waals surface area contributed by atoms with Gasteiger partial charge in [0.25, 0.3) is 5.69 Å². The maximum Gasteiger partial charge on any atom is 0.273 e. The Balaban J connectivity index is 2.52. The summed E-state index contributed by atoms with van der Waals surface area (Å²) in [7, 11) is 0. The molecule has 0 aromatic heterocycles. The van der Waals surface area contributed by atoms with Crippen LogP contribution in [0.2, 0.25) is 0 Å². The number of non-ortho nitro benzene ring substituents is 1. The van der Waals surface area contributed by atoms with Crippen LogP contribution in [0.3, 0.4) is 0 Å². The highest BCUT2D eigenvalue weighted by molar-refractivity contribution is 5.79. The number of nitro groups is 1. The van der Waals surface area contributed by atoms with E-state index in [1.54, 1.807) is 12.1 Å². The molecule has 0 heterocycles. The predicted molar refractivity (Wildman–Crippen MR) is 74.5 cm³/mol. The number of rotatable bonds is 8. The molecule has 3 N–H and O–H groups in total. The van der Waals surface area contributed by atoms with Gasteiger partial charge in [-0.2, -0.15) is 0 Å². The Hall–Kier alpha value is -2.15. The van der Waals surface area contributed by atoms with Gasteiger partial charge in [0.15, 0.2) is 0 Å². The van der Waals surface area contributed by atoms with Crippen molar-refractivity contribution in [1.82, 2.24) is 5.32 Å². The first-order chi connectivity index (χ1) is 9.40. The van der Waals surface area contributed by atoms with Crippen LogP contribution in [0.1, 0.15) is 20.3 Å². The van der Waals surface area contributed by atoms with E-state index in [-0.39, 0.29) is 18.3 Å². The van der Waals surface area contributed by atoms with Gasteiger partial charge in [0.05, 0.1) is 23.6 Å². The summed E-state index contributed by atoms with van der Waals surface area (Å²) in [5.74, 6) is -0.0479. The van der Waals surface area contributed by atoms with E-state index in [0.717, 1.165) is 0 Å². The maximum absolute atomic E-state index is 11.2. The summed E-state index contributed by atoms with van der Waals surface area (Å²) in [5, 5.41) is 13.7. The molecule has 1 unspecified atom stereocenters. The van der Waals surface area contributed by atoms with Gasteiger partial charge in [0.1, 0.15) is 5.75 Å². The SMILES string of the molecule is CC(C)NC(CCOc1cccc([N+](=O)[O-])c1)C(N)=O. The highest BCUT2D eigenvalue weighted by Crippen LogP contribution is 2.19. The standard InChI is InChI=1S/C13H19N3O4/c1-9(2)15-12(13(14)17)6-7-20-11-5-3-4-10(8-11)16(18)19/h3-5,8-9,12,15H,6-7H2,1-2H3,(H2,14,17). The number of hydrogen-bond donors (Lipinski definition) is 2. The Morgan fingerprint density at radius 2 is 2.20 bits per heavy atom. The molecule has 1 atom stereocenters. The molecule has 0 radical (unpaired) electrons. The van der Waals surface area contributed by atoms with Crippen molar-refractivity contribution in [3.05, 3.63) is 34.4 Å². The Morgan fingerprint density at radius 3 is 2.75 bits per heavy atom. The van der Waals surface area contributed by atoms with Crippen LogP contribution in [0.15, 0.2) is 24.3 Å². The third-order valence-corrected chi connectivity index (χ3v) is 2.58.